The van der Waals surface area contributed by atoms with Gasteiger partial charge in [0.2, 0.25) is 5.91 Å². The van der Waals surface area contributed by atoms with E-state index in [9.17, 15) is 4.79 Å². The van der Waals surface area contributed by atoms with Crippen molar-refractivity contribution in [2.45, 2.75) is 20.8 Å². The number of nitrogens with one attached hydrogen (secondary N) is 1. The first-order valence-electron chi connectivity index (χ1n) is 8.64. The van der Waals surface area contributed by atoms with Gasteiger partial charge in [-0.2, -0.15) is 0 Å². The Balaban J connectivity index is 1.73. The summed E-state index contributed by atoms with van der Waals surface area (Å²) in [7, 11) is 1.66. The number of benzene rings is 2. The summed E-state index contributed by atoms with van der Waals surface area (Å²) in [5, 5.41) is 3.44. The molecule has 5 heteroatoms. The molecule has 1 heterocycles. The zero-order valence-electron chi connectivity index (χ0n) is 15.9. The maximum Gasteiger partial charge on any atom is 0.250 e. The van der Waals surface area contributed by atoms with Crippen LogP contribution < -0.4 is 10.1 Å². The second-order valence-corrected chi connectivity index (χ2v) is 7.54. The molecule has 0 atom stereocenters. The highest BCUT2D eigenvalue weighted by molar-refractivity contribution is 7.16. The first kappa shape index (κ1) is 18.9. The van der Waals surface area contributed by atoms with Gasteiger partial charge in [0, 0.05) is 16.5 Å². The topological polar surface area (TPSA) is 51.2 Å². The fourth-order valence-corrected chi connectivity index (χ4v) is 3.58. The summed E-state index contributed by atoms with van der Waals surface area (Å²) in [4.78, 5) is 17.8. The van der Waals surface area contributed by atoms with Crippen LogP contribution in [0.5, 0.6) is 5.75 Å². The van der Waals surface area contributed by atoms with Crippen LogP contribution in [-0.4, -0.2) is 18.0 Å². The van der Waals surface area contributed by atoms with E-state index in [0.29, 0.717) is 5.13 Å². The van der Waals surface area contributed by atoms with Crippen LogP contribution in [-0.2, 0) is 4.79 Å². The number of hydrogen-bond donors (Lipinski definition) is 1. The summed E-state index contributed by atoms with van der Waals surface area (Å²) in [5.41, 5.74) is 5.12. The van der Waals surface area contributed by atoms with E-state index in [1.54, 1.807) is 13.2 Å². The normalized spacial score (nSPS) is 11.0. The van der Waals surface area contributed by atoms with Gasteiger partial charge in [-0.25, -0.2) is 4.98 Å². The summed E-state index contributed by atoms with van der Waals surface area (Å²) < 4.78 is 5.31. The van der Waals surface area contributed by atoms with Gasteiger partial charge < -0.3 is 4.74 Å². The highest BCUT2D eigenvalue weighted by atomic mass is 32.1. The molecule has 0 fully saturated rings. The lowest BCUT2D eigenvalue weighted by atomic mass is 10.1. The van der Waals surface area contributed by atoms with Crippen LogP contribution in [0, 0.1) is 20.8 Å². The van der Waals surface area contributed by atoms with E-state index in [-0.39, 0.29) is 5.91 Å². The van der Waals surface area contributed by atoms with Crippen molar-refractivity contribution in [1.82, 2.24) is 4.98 Å². The van der Waals surface area contributed by atoms with Gasteiger partial charge in [-0.1, -0.05) is 29.8 Å². The zero-order chi connectivity index (χ0) is 19.4. The van der Waals surface area contributed by atoms with Crippen LogP contribution in [0.2, 0.25) is 0 Å². The Bertz CT molecular complexity index is 988. The lowest BCUT2D eigenvalue weighted by molar-refractivity contribution is -0.111. The molecule has 1 N–H and O–H groups in total. The van der Waals surface area contributed by atoms with Crippen LogP contribution >= 0.6 is 11.3 Å². The number of aromatic nitrogens is 1. The lowest BCUT2D eigenvalue weighted by Gasteiger charge is -2.06. The second kappa shape index (κ2) is 8.18. The summed E-state index contributed by atoms with van der Waals surface area (Å²) in [6.07, 6.45) is 3.32. The fourth-order valence-electron chi connectivity index (χ4n) is 2.74. The van der Waals surface area contributed by atoms with Crippen molar-refractivity contribution in [3.8, 4) is 17.0 Å². The van der Waals surface area contributed by atoms with Gasteiger partial charge in [-0.15, -0.1) is 11.3 Å². The molecule has 27 heavy (non-hydrogen) atoms. The van der Waals surface area contributed by atoms with Crippen molar-refractivity contribution < 1.29 is 9.53 Å². The predicted molar refractivity (Wildman–Crippen MR) is 112 cm³/mol. The average Bonchev–Trinajstić information content (AvgIpc) is 3.01. The molecule has 0 saturated heterocycles. The van der Waals surface area contributed by atoms with Gasteiger partial charge in [0.1, 0.15) is 5.75 Å². The molecule has 0 unspecified atom stereocenters. The van der Waals surface area contributed by atoms with Gasteiger partial charge >= 0.3 is 0 Å². The molecule has 2 aromatic carbocycles. The summed E-state index contributed by atoms with van der Waals surface area (Å²) >= 11 is 1.47. The molecule has 138 valence electrons. The van der Waals surface area contributed by atoms with E-state index in [4.69, 9.17) is 4.74 Å². The smallest absolute Gasteiger partial charge is 0.250 e. The molecule has 4 nitrogen and oxygen atoms in total. The van der Waals surface area contributed by atoms with Gasteiger partial charge in [-0.05, 0) is 56.2 Å². The van der Waals surface area contributed by atoms with Crippen LogP contribution in [0.15, 0.2) is 48.5 Å². The number of hydrogen-bond acceptors (Lipinski definition) is 4. The minimum Gasteiger partial charge on any atom is -0.496 e. The molecule has 0 spiro atoms. The molecule has 0 radical (unpaired) electrons. The Morgan fingerprint density at radius 2 is 1.85 bits per heavy atom. The number of nitrogens with zero attached hydrogens (tertiary/aromatic N) is 1. The Morgan fingerprint density at radius 3 is 2.52 bits per heavy atom. The van der Waals surface area contributed by atoms with Gasteiger partial charge in [-0.3, -0.25) is 10.1 Å². The molecule has 3 aromatic rings. The lowest BCUT2D eigenvalue weighted by Crippen LogP contribution is -2.07. The fraction of sp³-hybridized carbons (Fsp3) is 0.182. The molecule has 1 amide bonds. The highest BCUT2D eigenvalue weighted by Gasteiger charge is 2.12. The van der Waals surface area contributed by atoms with Gasteiger partial charge in [0.15, 0.2) is 5.13 Å². The summed E-state index contributed by atoms with van der Waals surface area (Å²) in [6.45, 7) is 6.04. The number of anilines is 1. The Labute approximate surface area is 163 Å². The number of carbonyl (C=O) groups is 1. The maximum atomic E-state index is 12.2. The maximum absolute atomic E-state index is 12.2. The number of aryl methyl sites for hydroxylation is 3. The average molecular weight is 378 g/mol. The molecule has 0 bridgehead atoms. The predicted octanol–water partition coefficient (Wildman–Crippen LogP) is 5.40. The Kier molecular flexibility index (Phi) is 5.72. The number of ether oxygens (including phenoxy) is 1. The van der Waals surface area contributed by atoms with Crippen molar-refractivity contribution in [2.24, 2.45) is 0 Å². The van der Waals surface area contributed by atoms with E-state index in [1.165, 1.54) is 23.0 Å². The van der Waals surface area contributed by atoms with E-state index in [2.05, 4.69) is 10.3 Å². The largest absolute Gasteiger partial charge is 0.496 e. The first-order valence-corrected chi connectivity index (χ1v) is 9.46. The van der Waals surface area contributed by atoms with Crippen molar-refractivity contribution >= 4 is 28.5 Å². The quantitative estimate of drug-likeness (QED) is 0.605. The minimum atomic E-state index is -0.193. The number of carbonyl (C=O) groups excluding carboxylic acids is 1. The number of methoxy groups -OCH3 is 1. The van der Waals surface area contributed by atoms with Crippen molar-refractivity contribution in [2.75, 3.05) is 12.4 Å². The van der Waals surface area contributed by atoms with Crippen LogP contribution in [0.1, 0.15) is 21.6 Å². The van der Waals surface area contributed by atoms with Crippen molar-refractivity contribution in [1.29, 1.82) is 0 Å². The highest BCUT2D eigenvalue weighted by Crippen LogP contribution is 2.32. The number of rotatable bonds is 5. The van der Waals surface area contributed by atoms with Crippen LogP contribution in [0.25, 0.3) is 17.3 Å². The molecule has 3 rings (SSSR count). The minimum absolute atomic E-state index is 0.193. The van der Waals surface area contributed by atoms with Gasteiger partial charge in [0.05, 0.1) is 12.8 Å². The first-order chi connectivity index (χ1) is 13.0. The Hall–Kier alpha value is -2.92. The molecule has 1 aromatic heterocycles. The molecule has 0 aliphatic carbocycles. The van der Waals surface area contributed by atoms with Crippen molar-refractivity contribution in [3.63, 3.8) is 0 Å². The van der Waals surface area contributed by atoms with E-state index in [0.717, 1.165) is 33.0 Å². The summed E-state index contributed by atoms with van der Waals surface area (Å²) in [6, 6.07) is 14.0. The Morgan fingerprint density at radius 1 is 1.11 bits per heavy atom. The second-order valence-electron chi connectivity index (χ2n) is 6.34. The summed E-state index contributed by atoms with van der Waals surface area (Å²) in [5.74, 6) is 0.656. The monoisotopic (exact) mass is 378 g/mol. The van der Waals surface area contributed by atoms with Crippen LogP contribution in [0.3, 0.4) is 0 Å². The van der Waals surface area contributed by atoms with Crippen LogP contribution in [0.4, 0.5) is 5.13 Å². The van der Waals surface area contributed by atoms with E-state index in [1.807, 2.05) is 63.2 Å². The van der Waals surface area contributed by atoms with E-state index >= 15 is 0 Å². The zero-order valence-corrected chi connectivity index (χ0v) is 16.7. The molecular weight excluding hydrogens is 356 g/mol. The third-order valence-corrected chi connectivity index (χ3v) is 5.09. The molecule has 0 saturated carbocycles. The third-order valence-electron chi connectivity index (χ3n) is 4.20. The van der Waals surface area contributed by atoms with Crippen molar-refractivity contribution in [3.05, 3.63) is 70.1 Å². The molecular formula is C22H22N2O2S. The number of amides is 1. The molecule has 0 aliphatic heterocycles. The number of thiazole rings is 1. The van der Waals surface area contributed by atoms with Gasteiger partial charge in [0.25, 0.3) is 0 Å². The third kappa shape index (κ3) is 4.63. The van der Waals surface area contributed by atoms with E-state index < -0.39 is 0 Å². The SMILES string of the molecule is COc1ccc(-c2nc(NC(=O)/C=C/c3ccc(C)cc3)sc2C)cc1C. The standard InChI is InChI=1S/C22H22N2O2S/c1-14-5-7-17(8-6-14)9-12-20(25)23-22-24-21(16(3)27-22)18-10-11-19(26-4)15(2)13-18/h5-13H,1-4H3,(H,23,24,25)/b12-9+. The molecule has 0 aliphatic rings.